The lowest BCUT2D eigenvalue weighted by Gasteiger charge is -2.13. The van der Waals surface area contributed by atoms with Gasteiger partial charge in [0.05, 0.1) is 18.4 Å². The molecule has 0 aliphatic heterocycles. The molecular formula is C14H16N2O2. The van der Waals surface area contributed by atoms with Gasteiger partial charge in [-0.3, -0.25) is 0 Å². The zero-order chi connectivity index (χ0) is 13.1. The first-order valence-corrected chi connectivity index (χ1v) is 5.88. The van der Waals surface area contributed by atoms with Gasteiger partial charge in [-0.15, -0.1) is 5.10 Å². The molecule has 1 N–H and O–H groups in total. The van der Waals surface area contributed by atoms with Crippen LogP contribution in [0.2, 0.25) is 0 Å². The van der Waals surface area contributed by atoms with Crippen molar-refractivity contribution in [3.05, 3.63) is 35.5 Å². The average Bonchev–Trinajstić information content (AvgIpc) is 2.31. The molecule has 0 aliphatic rings. The molecule has 0 saturated heterocycles. The Labute approximate surface area is 106 Å². The average molecular weight is 244 g/mol. The highest BCUT2D eigenvalue weighted by Crippen LogP contribution is 2.34. The second-order valence-corrected chi connectivity index (χ2v) is 4.14. The fourth-order valence-corrected chi connectivity index (χ4v) is 1.94. The van der Waals surface area contributed by atoms with Crippen LogP contribution in [0, 0.1) is 13.8 Å². The van der Waals surface area contributed by atoms with Gasteiger partial charge in [-0.1, -0.05) is 6.07 Å². The van der Waals surface area contributed by atoms with Gasteiger partial charge >= 0.3 is 0 Å². The van der Waals surface area contributed by atoms with Crippen LogP contribution in [0.4, 0.5) is 0 Å². The zero-order valence-corrected chi connectivity index (χ0v) is 10.8. The Kier molecular flexibility index (Phi) is 3.46. The minimum absolute atomic E-state index is 0.258. The molecule has 2 aromatic rings. The van der Waals surface area contributed by atoms with Crippen LogP contribution in [0.1, 0.15) is 18.1 Å². The molecule has 0 spiro atoms. The molecule has 0 saturated carbocycles. The molecule has 2 rings (SSSR count). The molecule has 94 valence electrons. The van der Waals surface area contributed by atoms with E-state index >= 15 is 0 Å². The molecule has 18 heavy (non-hydrogen) atoms. The SMILES string of the molecule is CCOc1nncc(C)c1-c1ccc(O)cc1C. The molecule has 4 heteroatoms. The van der Waals surface area contributed by atoms with E-state index in [1.54, 1.807) is 18.3 Å². The Balaban J connectivity index is 2.62. The third kappa shape index (κ3) is 2.27. The van der Waals surface area contributed by atoms with E-state index in [0.29, 0.717) is 12.5 Å². The van der Waals surface area contributed by atoms with Gasteiger partial charge in [-0.05, 0) is 49.6 Å². The van der Waals surface area contributed by atoms with Crippen molar-refractivity contribution in [2.45, 2.75) is 20.8 Å². The number of aryl methyl sites for hydroxylation is 2. The van der Waals surface area contributed by atoms with Gasteiger partial charge in [-0.2, -0.15) is 5.10 Å². The van der Waals surface area contributed by atoms with Gasteiger partial charge in [0.25, 0.3) is 0 Å². The number of nitrogens with zero attached hydrogens (tertiary/aromatic N) is 2. The van der Waals surface area contributed by atoms with Gasteiger partial charge in [0.1, 0.15) is 5.75 Å². The van der Waals surface area contributed by atoms with Crippen LogP contribution in [0.3, 0.4) is 0 Å². The summed E-state index contributed by atoms with van der Waals surface area (Å²) in [6, 6.07) is 5.26. The summed E-state index contributed by atoms with van der Waals surface area (Å²) in [6.45, 7) is 6.38. The molecule has 0 unspecified atom stereocenters. The Morgan fingerprint density at radius 3 is 2.67 bits per heavy atom. The van der Waals surface area contributed by atoms with Gasteiger partial charge in [0, 0.05) is 0 Å². The molecule has 1 heterocycles. The first-order valence-electron chi connectivity index (χ1n) is 5.88. The van der Waals surface area contributed by atoms with Crippen molar-refractivity contribution in [1.29, 1.82) is 0 Å². The van der Waals surface area contributed by atoms with Crippen molar-refractivity contribution in [2.75, 3.05) is 6.61 Å². The monoisotopic (exact) mass is 244 g/mol. The quantitative estimate of drug-likeness (QED) is 0.902. The van der Waals surface area contributed by atoms with E-state index in [9.17, 15) is 5.11 Å². The van der Waals surface area contributed by atoms with E-state index in [-0.39, 0.29) is 5.75 Å². The molecule has 0 amide bonds. The molecule has 0 fully saturated rings. The molecule has 0 aliphatic carbocycles. The third-order valence-corrected chi connectivity index (χ3v) is 2.77. The lowest BCUT2D eigenvalue weighted by molar-refractivity contribution is 0.324. The van der Waals surface area contributed by atoms with Crippen molar-refractivity contribution in [1.82, 2.24) is 10.2 Å². The van der Waals surface area contributed by atoms with Crippen molar-refractivity contribution in [2.24, 2.45) is 0 Å². The van der Waals surface area contributed by atoms with E-state index < -0.39 is 0 Å². The maximum absolute atomic E-state index is 9.47. The second kappa shape index (κ2) is 5.04. The molecular weight excluding hydrogens is 228 g/mol. The van der Waals surface area contributed by atoms with Crippen LogP contribution in [0.15, 0.2) is 24.4 Å². The molecule has 0 bridgehead atoms. The van der Waals surface area contributed by atoms with Crippen LogP contribution in [0.5, 0.6) is 11.6 Å². The lowest BCUT2D eigenvalue weighted by atomic mass is 9.98. The highest BCUT2D eigenvalue weighted by molar-refractivity contribution is 5.74. The van der Waals surface area contributed by atoms with E-state index in [1.165, 1.54) is 0 Å². The number of hydrogen-bond donors (Lipinski definition) is 1. The number of ether oxygens (including phenoxy) is 1. The van der Waals surface area contributed by atoms with Crippen molar-refractivity contribution >= 4 is 0 Å². The molecule has 0 radical (unpaired) electrons. The van der Waals surface area contributed by atoms with E-state index in [1.807, 2.05) is 26.8 Å². The highest BCUT2D eigenvalue weighted by atomic mass is 16.5. The number of hydrogen-bond acceptors (Lipinski definition) is 4. The van der Waals surface area contributed by atoms with Crippen molar-refractivity contribution in [3.63, 3.8) is 0 Å². The summed E-state index contributed by atoms with van der Waals surface area (Å²) in [5, 5.41) is 17.4. The standard InChI is InChI=1S/C14H16N2O2/c1-4-18-14-13(10(3)8-15-16-14)12-6-5-11(17)7-9(12)2/h5-8,17H,4H2,1-3H3. The molecule has 4 nitrogen and oxygen atoms in total. The molecule has 0 atom stereocenters. The summed E-state index contributed by atoms with van der Waals surface area (Å²) in [5.74, 6) is 0.792. The highest BCUT2D eigenvalue weighted by Gasteiger charge is 2.13. The van der Waals surface area contributed by atoms with Gasteiger partial charge in [0.15, 0.2) is 0 Å². The summed E-state index contributed by atoms with van der Waals surface area (Å²) in [5.41, 5.74) is 3.92. The van der Waals surface area contributed by atoms with Crippen LogP contribution in [0.25, 0.3) is 11.1 Å². The number of rotatable bonds is 3. The number of aromatic hydroxyl groups is 1. The summed E-state index contributed by atoms with van der Waals surface area (Å²) in [7, 11) is 0. The van der Waals surface area contributed by atoms with Crippen LogP contribution >= 0.6 is 0 Å². The fraction of sp³-hybridized carbons (Fsp3) is 0.286. The topological polar surface area (TPSA) is 55.2 Å². The summed E-state index contributed by atoms with van der Waals surface area (Å²) in [4.78, 5) is 0. The summed E-state index contributed by atoms with van der Waals surface area (Å²) >= 11 is 0. The van der Waals surface area contributed by atoms with Crippen LogP contribution in [-0.2, 0) is 0 Å². The Morgan fingerprint density at radius 2 is 2.00 bits per heavy atom. The minimum atomic E-state index is 0.258. The van der Waals surface area contributed by atoms with E-state index in [0.717, 1.165) is 22.3 Å². The number of benzene rings is 1. The Hall–Kier alpha value is -2.10. The predicted molar refractivity (Wildman–Crippen MR) is 69.8 cm³/mol. The number of phenolic OH excluding ortho intramolecular Hbond substituents is 1. The van der Waals surface area contributed by atoms with E-state index in [2.05, 4.69) is 10.2 Å². The van der Waals surface area contributed by atoms with Crippen molar-refractivity contribution in [3.8, 4) is 22.8 Å². The number of phenols is 1. The molecule has 1 aromatic carbocycles. The third-order valence-electron chi connectivity index (χ3n) is 2.77. The molecule has 1 aromatic heterocycles. The predicted octanol–water partition coefficient (Wildman–Crippen LogP) is 2.86. The maximum Gasteiger partial charge on any atom is 0.241 e. The Morgan fingerprint density at radius 1 is 1.22 bits per heavy atom. The second-order valence-electron chi connectivity index (χ2n) is 4.14. The zero-order valence-electron chi connectivity index (χ0n) is 10.8. The maximum atomic E-state index is 9.47. The normalized spacial score (nSPS) is 10.4. The van der Waals surface area contributed by atoms with Crippen LogP contribution in [-0.4, -0.2) is 21.9 Å². The lowest BCUT2D eigenvalue weighted by Crippen LogP contribution is -2.01. The summed E-state index contributed by atoms with van der Waals surface area (Å²) < 4.78 is 5.52. The summed E-state index contributed by atoms with van der Waals surface area (Å²) in [6.07, 6.45) is 1.71. The number of aromatic nitrogens is 2. The van der Waals surface area contributed by atoms with Crippen molar-refractivity contribution < 1.29 is 9.84 Å². The minimum Gasteiger partial charge on any atom is -0.508 e. The van der Waals surface area contributed by atoms with Gasteiger partial charge < -0.3 is 9.84 Å². The van der Waals surface area contributed by atoms with Crippen LogP contribution < -0.4 is 4.74 Å². The van der Waals surface area contributed by atoms with Gasteiger partial charge in [-0.25, -0.2) is 0 Å². The first-order chi connectivity index (χ1) is 8.63. The smallest absolute Gasteiger partial charge is 0.241 e. The fourth-order valence-electron chi connectivity index (χ4n) is 1.94. The van der Waals surface area contributed by atoms with E-state index in [4.69, 9.17) is 4.74 Å². The largest absolute Gasteiger partial charge is 0.508 e. The first kappa shape index (κ1) is 12.4. The van der Waals surface area contributed by atoms with Gasteiger partial charge in [0.2, 0.25) is 5.88 Å². The Bertz CT molecular complexity index is 568.